The van der Waals surface area contributed by atoms with E-state index < -0.39 is 18.0 Å². The summed E-state index contributed by atoms with van der Waals surface area (Å²) in [5, 5.41) is 9.18. The number of carbonyl (C=O) groups is 2. The highest BCUT2D eigenvalue weighted by atomic mass is 79.9. The monoisotopic (exact) mass is 362 g/mol. The number of nitrogens with two attached hydrogens (primary N) is 1. The second-order valence-corrected chi connectivity index (χ2v) is 5.62. The molecule has 0 bridgehead atoms. The minimum atomic E-state index is -1.00. The number of amides is 2. The fourth-order valence-electron chi connectivity index (χ4n) is 2.26. The van der Waals surface area contributed by atoms with Crippen molar-refractivity contribution in [2.45, 2.75) is 12.5 Å². The van der Waals surface area contributed by atoms with E-state index in [-0.39, 0.29) is 6.42 Å². The van der Waals surface area contributed by atoms with Crippen LogP contribution in [0.2, 0.25) is 0 Å². The SMILES string of the molecule is NC(=O)N(c1ccc(Br)cc1)C(CC(=O)O)c1ccccc1. The van der Waals surface area contributed by atoms with Crippen molar-refractivity contribution in [1.82, 2.24) is 0 Å². The molecular weight excluding hydrogens is 348 g/mol. The molecule has 0 aromatic heterocycles. The lowest BCUT2D eigenvalue weighted by Crippen LogP contribution is -2.40. The fraction of sp³-hybridized carbons (Fsp3) is 0.125. The van der Waals surface area contributed by atoms with Crippen molar-refractivity contribution in [2.24, 2.45) is 5.73 Å². The average molecular weight is 363 g/mol. The van der Waals surface area contributed by atoms with Gasteiger partial charge < -0.3 is 10.8 Å². The van der Waals surface area contributed by atoms with Crippen LogP contribution in [-0.2, 0) is 4.79 Å². The lowest BCUT2D eigenvalue weighted by Gasteiger charge is -2.30. The first-order chi connectivity index (χ1) is 10.5. The average Bonchev–Trinajstić information content (AvgIpc) is 2.49. The normalized spacial score (nSPS) is 11.7. The Labute approximate surface area is 136 Å². The van der Waals surface area contributed by atoms with Crippen molar-refractivity contribution in [1.29, 1.82) is 0 Å². The molecule has 1 atom stereocenters. The Morgan fingerprint density at radius 2 is 1.68 bits per heavy atom. The van der Waals surface area contributed by atoms with Crippen molar-refractivity contribution in [3.63, 3.8) is 0 Å². The predicted octanol–water partition coefficient (Wildman–Crippen LogP) is 3.55. The van der Waals surface area contributed by atoms with Crippen molar-refractivity contribution >= 4 is 33.6 Å². The molecule has 0 radical (unpaired) electrons. The number of hydrogen-bond acceptors (Lipinski definition) is 2. The Hall–Kier alpha value is -2.34. The first-order valence-corrected chi connectivity index (χ1v) is 7.39. The molecule has 2 aromatic rings. The summed E-state index contributed by atoms with van der Waals surface area (Å²) in [5.74, 6) is -1.00. The zero-order valence-corrected chi connectivity index (χ0v) is 13.2. The van der Waals surface area contributed by atoms with Gasteiger partial charge in [-0.15, -0.1) is 0 Å². The van der Waals surface area contributed by atoms with Gasteiger partial charge in [0.1, 0.15) is 0 Å². The van der Waals surface area contributed by atoms with Crippen LogP contribution < -0.4 is 10.6 Å². The van der Waals surface area contributed by atoms with Gasteiger partial charge in [0.05, 0.1) is 12.5 Å². The van der Waals surface area contributed by atoms with Crippen LogP contribution in [0.4, 0.5) is 10.5 Å². The molecule has 0 aliphatic heterocycles. The van der Waals surface area contributed by atoms with Gasteiger partial charge in [0, 0.05) is 10.2 Å². The molecule has 2 rings (SSSR count). The second kappa shape index (κ2) is 7.09. The standard InChI is InChI=1S/C16H15BrN2O3/c17-12-6-8-13(9-7-12)19(16(18)22)14(10-15(20)21)11-4-2-1-3-5-11/h1-9,14H,10H2,(H2,18,22)(H,20,21). The summed E-state index contributed by atoms with van der Waals surface area (Å²) in [4.78, 5) is 24.4. The van der Waals surface area contributed by atoms with Crippen molar-refractivity contribution in [2.75, 3.05) is 4.90 Å². The van der Waals surface area contributed by atoms with Gasteiger partial charge in [0.2, 0.25) is 0 Å². The van der Waals surface area contributed by atoms with Crippen LogP contribution in [0.5, 0.6) is 0 Å². The van der Waals surface area contributed by atoms with Crippen LogP contribution in [0.3, 0.4) is 0 Å². The number of carbonyl (C=O) groups excluding carboxylic acids is 1. The molecule has 6 heteroatoms. The third kappa shape index (κ3) is 3.85. The van der Waals surface area contributed by atoms with Gasteiger partial charge in [-0.3, -0.25) is 9.69 Å². The van der Waals surface area contributed by atoms with E-state index in [9.17, 15) is 14.7 Å². The Morgan fingerprint density at radius 1 is 1.09 bits per heavy atom. The van der Waals surface area contributed by atoms with E-state index in [2.05, 4.69) is 15.9 Å². The van der Waals surface area contributed by atoms with Crippen LogP contribution in [0.25, 0.3) is 0 Å². The molecule has 0 fully saturated rings. The smallest absolute Gasteiger partial charge is 0.319 e. The summed E-state index contributed by atoms with van der Waals surface area (Å²) in [6, 6.07) is 14.6. The molecule has 3 N–H and O–H groups in total. The zero-order chi connectivity index (χ0) is 16.1. The maximum atomic E-state index is 11.9. The Kier molecular flexibility index (Phi) is 5.16. The summed E-state index contributed by atoms with van der Waals surface area (Å²) in [7, 11) is 0. The molecular formula is C16H15BrN2O3. The van der Waals surface area contributed by atoms with E-state index in [4.69, 9.17) is 5.73 Å². The molecule has 5 nitrogen and oxygen atoms in total. The van der Waals surface area contributed by atoms with E-state index in [1.807, 2.05) is 6.07 Å². The first-order valence-electron chi connectivity index (χ1n) is 6.60. The molecule has 2 aromatic carbocycles. The van der Waals surface area contributed by atoms with Crippen LogP contribution in [-0.4, -0.2) is 17.1 Å². The van der Waals surface area contributed by atoms with Crippen LogP contribution in [0.1, 0.15) is 18.0 Å². The maximum Gasteiger partial charge on any atom is 0.319 e. The van der Waals surface area contributed by atoms with Gasteiger partial charge >= 0.3 is 12.0 Å². The molecule has 0 spiro atoms. The van der Waals surface area contributed by atoms with E-state index in [1.165, 1.54) is 4.90 Å². The van der Waals surface area contributed by atoms with E-state index in [0.29, 0.717) is 11.3 Å². The van der Waals surface area contributed by atoms with Gasteiger partial charge in [0.25, 0.3) is 0 Å². The summed E-state index contributed by atoms with van der Waals surface area (Å²) in [6.07, 6.45) is -0.233. The number of anilines is 1. The minimum absolute atomic E-state index is 0.233. The van der Waals surface area contributed by atoms with Crippen LogP contribution in [0.15, 0.2) is 59.1 Å². The summed E-state index contributed by atoms with van der Waals surface area (Å²) >= 11 is 3.33. The van der Waals surface area contributed by atoms with Gasteiger partial charge in [-0.2, -0.15) is 0 Å². The number of primary amides is 1. The predicted molar refractivity (Wildman–Crippen MR) is 87.6 cm³/mol. The number of urea groups is 1. The topological polar surface area (TPSA) is 83.6 Å². The Balaban J connectivity index is 2.47. The molecule has 22 heavy (non-hydrogen) atoms. The lowest BCUT2D eigenvalue weighted by molar-refractivity contribution is -0.137. The summed E-state index contributed by atoms with van der Waals surface area (Å²) in [5.41, 5.74) is 6.76. The van der Waals surface area contributed by atoms with Gasteiger partial charge in [-0.1, -0.05) is 46.3 Å². The van der Waals surface area contributed by atoms with Gasteiger partial charge in [-0.25, -0.2) is 4.79 Å². The van der Waals surface area contributed by atoms with Crippen LogP contribution >= 0.6 is 15.9 Å². The number of hydrogen-bond donors (Lipinski definition) is 2. The van der Waals surface area contributed by atoms with E-state index in [1.54, 1.807) is 48.5 Å². The van der Waals surface area contributed by atoms with Gasteiger partial charge in [-0.05, 0) is 29.8 Å². The van der Waals surface area contributed by atoms with Gasteiger partial charge in [0.15, 0.2) is 0 Å². The highest BCUT2D eigenvalue weighted by Gasteiger charge is 2.27. The summed E-state index contributed by atoms with van der Waals surface area (Å²) in [6.45, 7) is 0. The van der Waals surface area contributed by atoms with Crippen molar-refractivity contribution < 1.29 is 14.7 Å². The number of carboxylic acids is 1. The highest BCUT2D eigenvalue weighted by Crippen LogP contribution is 2.30. The quantitative estimate of drug-likeness (QED) is 0.852. The molecule has 0 aliphatic carbocycles. The number of carboxylic acid groups (broad SMARTS) is 1. The Morgan fingerprint density at radius 3 is 2.18 bits per heavy atom. The molecule has 0 saturated carbocycles. The van der Waals surface area contributed by atoms with Crippen LogP contribution in [0, 0.1) is 0 Å². The van der Waals surface area contributed by atoms with Crippen molar-refractivity contribution in [3.8, 4) is 0 Å². The molecule has 0 saturated heterocycles. The molecule has 0 aliphatic rings. The third-order valence-electron chi connectivity index (χ3n) is 3.21. The zero-order valence-electron chi connectivity index (χ0n) is 11.6. The number of rotatable bonds is 5. The third-order valence-corrected chi connectivity index (χ3v) is 3.73. The molecule has 0 heterocycles. The molecule has 114 valence electrons. The molecule has 2 amide bonds. The highest BCUT2D eigenvalue weighted by molar-refractivity contribution is 9.10. The Bertz CT molecular complexity index is 659. The number of aliphatic carboxylic acids is 1. The summed E-state index contributed by atoms with van der Waals surface area (Å²) < 4.78 is 0.857. The number of benzene rings is 2. The first kappa shape index (κ1) is 16.0. The lowest BCUT2D eigenvalue weighted by atomic mass is 10.0. The minimum Gasteiger partial charge on any atom is -0.481 e. The number of nitrogens with zero attached hydrogens (tertiary/aromatic N) is 1. The fourth-order valence-corrected chi connectivity index (χ4v) is 2.53. The van der Waals surface area contributed by atoms with E-state index in [0.717, 1.165) is 4.47 Å². The maximum absolute atomic E-state index is 11.9. The van der Waals surface area contributed by atoms with Crippen molar-refractivity contribution in [3.05, 3.63) is 64.6 Å². The second-order valence-electron chi connectivity index (χ2n) is 4.71. The van der Waals surface area contributed by atoms with E-state index >= 15 is 0 Å². The molecule has 1 unspecified atom stereocenters. The number of halogens is 1. The largest absolute Gasteiger partial charge is 0.481 e.